The highest BCUT2D eigenvalue weighted by atomic mass is 79.9. The summed E-state index contributed by atoms with van der Waals surface area (Å²) in [5, 5.41) is 4.13. The van der Waals surface area contributed by atoms with Gasteiger partial charge < -0.3 is 5.73 Å². The van der Waals surface area contributed by atoms with Crippen molar-refractivity contribution in [3.8, 4) is 11.1 Å². The fraction of sp³-hybridized carbons (Fsp3) is 0. The second-order valence-corrected chi connectivity index (χ2v) is 4.20. The molecule has 0 saturated carbocycles. The Morgan fingerprint density at radius 1 is 1.38 bits per heavy atom. The molecule has 0 spiro atoms. The largest absolute Gasteiger partial charge is 0.384 e. The molecule has 0 aliphatic carbocycles. The summed E-state index contributed by atoms with van der Waals surface area (Å²) in [5.74, 6) is 0.551. The summed E-state index contributed by atoms with van der Waals surface area (Å²) < 4.78 is 1.10. The van der Waals surface area contributed by atoms with Crippen LogP contribution in [0, 0.1) is 0 Å². The number of nitrogens with two attached hydrogens (primary N) is 1. The van der Waals surface area contributed by atoms with Gasteiger partial charge in [-0.1, -0.05) is 0 Å². The molecular formula is C9H7BrN2S. The zero-order valence-electron chi connectivity index (χ0n) is 6.70. The van der Waals surface area contributed by atoms with Crippen LogP contribution in [0.4, 0.5) is 5.82 Å². The van der Waals surface area contributed by atoms with E-state index in [1.54, 1.807) is 17.5 Å². The smallest absolute Gasteiger partial charge is 0.123 e. The predicted octanol–water partition coefficient (Wildman–Crippen LogP) is 3.15. The fourth-order valence-corrected chi connectivity index (χ4v) is 2.64. The molecule has 2 heterocycles. The van der Waals surface area contributed by atoms with Crippen molar-refractivity contribution in [2.24, 2.45) is 0 Å². The minimum Gasteiger partial charge on any atom is -0.384 e. The number of hydrogen-bond acceptors (Lipinski definition) is 3. The van der Waals surface area contributed by atoms with Crippen molar-refractivity contribution < 1.29 is 0 Å². The van der Waals surface area contributed by atoms with Crippen LogP contribution in [-0.2, 0) is 0 Å². The molecule has 2 nitrogen and oxygen atoms in total. The van der Waals surface area contributed by atoms with Gasteiger partial charge in [0, 0.05) is 21.6 Å². The number of aromatic nitrogens is 1. The maximum absolute atomic E-state index is 5.59. The molecule has 2 N–H and O–H groups in total. The zero-order chi connectivity index (χ0) is 9.26. The molecule has 0 aromatic carbocycles. The third-order valence-electron chi connectivity index (χ3n) is 1.71. The van der Waals surface area contributed by atoms with Gasteiger partial charge in [0.05, 0.1) is 0 Å². The normalized spacial score (nSPS) is 10.2. The molecule has 0 saturated heterocycles. The minimum atomic E-state index is 0.551. The van der Waals surface area contributed by atoms with E-state index >= 15 is 0 Å². The Morgan fingerprint density at radius 2 is 2.23 bits per heavy atom. The van der Waals surface area contributed by atoms with Gasteiger partial charge in [-0.25, -0.2) is 4.98 Å². The van der Waals surface area contributed by atoms with E-state index in [4.69, 9.17) is 5.73 Å². The molecular weight excluding hydrogens is 248 g/mol. The molecule has 2 aromatic rings. The lowest BCUT2D eigenvalue weighted by Gasteiger charge is -1.99. The number of nitrogen functional groups attached to an aromatic ring is 1. The number of halogens is 1. The van der Waals surface area contributed by atoms with Crippen LogP contribution in [0.25, 0.3) is 11.1 Å². The highest BCUT2D eigenvalue weighted by Gasteiger charge is 2.03. The fourth-order valence-electron chi connectivity index (χ4n) is 1.10. The van der Waals surface area contributed by atoms with Crippen LogP contribution in [0.3, 0.4) is 0 Å². The summed E-state index contributed by atoms with van der Waals surface area (Å²) in [6, 6.07) is 3.82. The number of hydrogen-bond donors (Lipinski definition) is 1. The third-order valence-corrected chi connectivity index (χ3v) is 3.41. The first-order valence-corrected chi connectivity index (χ1v) is 5.44. The quantitative estimate of drug-likeness (QED) is 0.850. The molecule has 0 atom stereocenters. The van der Waals surface area contributed by atoms with Crippen molar-refractivity contribution in [1.82, 2.24) is 4.98 Å². The number of nitrogens with zero attached hydrogens (tertiary/aromatic N) is 1. The molecule has 0 aliphatic heterocycles. The third kappa shape index (κ3) is 1.73. The highest BCUT2D eigenvalue weighted by Crippen LogP contribution is 2.31. The van der Waals surface area contributed by atoms with E-state index in [2.05, 4.69) is 26.3 Å². The predicted molar refractivity (Wildman–Crippen MR) is 59.7 cm³/mol. The Kier molecular flexibility index (Phi) is 2.33. The summed E-state index contributed by atoms with van der Waals surface area (Å²) in [7, 11) is 0. The summed E-state index contributed by atoms with van der Waals surface area (Å²) >= 11 is 5.14. The van der Waals surface area contributed by atoms with Gasteiger partial charge in [0.25, 0.3) is 0 Å². The zero-order valence-corrected chi connectivity index (χ0v) is 9.10. The van der Waals surface area contributed by atoms with Crippen LogP contribution in [0.1, 0.15) is 0 Å². The van der Waals surface area contributed by atoms with Crippen LogP contribution < -0.4 is 5.73 Å². The van der Waals surface area contributed by atoms with E-state index in [-0.39, 0.29) is 0 Å². The standard InChI is InChI=1S/C9H7BrN2S/c10-8-5-13-4-7(8)6-1-2-12-9(11)3-6/h1-5H,(H2,11,12). The summed E-state index contributed by atoms with van der Waals surface area (Å²) in [6.45, 7) is 0. The lowest BCUT2D eigenvalue weighted by Crippen LogP contribution is -1.88. The Labute approximate surface area is 88.6 Å². The molecule has 0 fully saturated rings. The number of rotatable bonds is 1. The van der Waals surface area contributed by atoms with Gasteiger partial charge in [-0.05, 0) is 39.0 Å². The van der Waals surface area contributed by atoms with E-state index in [1.807, 2.05) is 17.5 Å². The Balaban J connectivity index is 2.53. The van der Waals surface area contributed by atoms with Crippen LogP contribution in [0.2, 0.25) is 0 Å². The van der Waals surface area contributed by atoms with Gasteiger partial charge in [0.1, 0.15) is 5.82 Å². The van der Waals surface area contributed by atoms with Gasteiger partial charge in [-0.2, -0.15) is 11.3 Å². The Hall–Kier alpha value is -0.870. The molecule has 0 aliphatic rings. The number of thiophene rings is 1. The first kappa shape index (κ1) is 8.72. The van der Waals surface area contributed by atoms with Gasteiger partial charge in [-0.3, -0.25) is 0 Å². The molecule has 0 unspecified atom stereocenters. The second-order valence-electron chi connectivity index (χ2n) is 2.60. The summed E-state index contributed by atoms with van der Waals surface area (Å²) in [5.41, 5.74) is 7.86. The average molecular weight is 255 g/mol. The highest BCUT2D eigenvalue weighted by molar-refractivity contribution is 9.10. The first-order chi connectivity index (χ1) is 6.27. The van der Waals surface area contributed by atoms with E-state index in [0.29, 0.717) is 5.82 Å². The van der Waals surface area contributed by atoms with Crippen molar-refractivity contribution in [3.63, 3.8) is 0 Å². The lowest BCUT2D eigenvalue weighted by atomic mass is 10.1. The van der Waals surface area contributed by atoms with Gasteiger partial charge >= 0.3 is 0 Å². The van der Waals surface area contributed by atoms with Crippen LogP contribution >= 0.6 is 27.3 Å². The van der Waals surface area contributed by atoms with Gasteiger partial charge in [-0.15, -0.1) is 0 Å². The van der Waals surface area contributed by atoms with Crippen molar-refractivity contribution in [2.75, 3.05) is 5.73 Å². The van der Waals surface area contributed by atoms with Gasteiger partial charge in [0.15, 0.2) is 0 Å². The molecule has 66 valence electrons. The lowest BCUT2D eigenvalue weighted by molar-refractivity contribution is 1.34. The van der Waals surface area contributed by atoms with E-state index in [0.717, 1.165) is 10.0 Å². The molecule has 0 radical (unpaired) electrons. The van der Waals surface area contributed by atoms with E-state index in [9.17, 15) is 0 Å². The summed E-state index contributed by atoms with van der Waals surface area (Å²) in [4.78, 5) is 3.95. The average Bonchev–Trinajstić information content (AvgIpc) is 2.51. The van der Waals surface area contributed by atoms with Crippen molar-refractivity contribution in [1.29, 1.82) is 0 Å². The number of pyridine rings is 1. The monoisotopic (exact) mass is 254 g/mol. The van der Waals surface area contributed by atoms with Crippen LogP contribution in [0.5, 0.6) is 0 Å². The van der Waals surface area contributed by atoms with E-state index in [1.165, 1.54) is 5.56 Å². The SMILES string of the molecule is Nc1cc(-c2cscc2Br)ccn1. The van der Waals surface area contributed by atoms with Crippen LogP contribution in [-0.4, -0.2) is 4.98 Å². The van der Waals surface area contributed by atoms with Crippen molar-refractivity contribution in [2.45, 2.75) is 0 Å². The van der Waals surface area contributed by atoms with Crippen molar-refractivity contribution in [3.05, 3.63) is 33.6 Å². The molecule has 2 rings (SSSR count). The molecule has 2 aromatic heterocycles. The minimum absolute atomic E-state index is 0.551. The molecule has 0 bridgehead atoms. The van der Waals surface area contributed by atoms with Gasteiger partial charge in [0.2, 0.25) is 0 Å². The Morgan fingerprint density at radius 3 is 2.85 bits per heavy atom. The topological polar surface area (TPSA) is 38.9 Å². The molecule has 0 amide bonds. The van der Waals surface area contributed by atoms with Crippen molar-refractivity contribution >= 4 is 33.1 Å². The summed E-state index contributed by atoms with van der Waals surface area (Å²) in [6.07, 6.45) is 1.72. The first-order valence-electron chi connectivity index (χ1n) is 3.71. The van der Waals surface area contributed by atoms with E-state index < -0.39 is 0 Å². The second kappa shape index (κ2) is 3.47. The maximum atomic E-state index is 5.59. The number of anilines is 1. The Bertz CT molecular complexity index is 425. The van der Waals surface area contributed by atoms with Crippen LogP contribution in [0.15, 0.2) is 33.6 Å². The molecule has 13 heavy (non-hydrogen) atoms. The maximum Gasteiger partial charge on any atom is 0.123 e. The molecule has 4 heteroatoms.